The van der Waals surface area contributed by atoms with E-state index in [1.807, 2.05) is 0 Å². The summed E-state index contributed by atoms with van der Waals surface area (Å²) in [6.07, 6.45) is 4.04. The van der Waals surface area contributed by atoms with Crippen LogP contribution < -0.4 is 5.32 Å². The Bertz CT molecular complexity index is 744. The van der Waals surface area contributed by atoms with Crippen molar-refractivity contribution in [2.75, 3.05) is 13.6 Å². The maximum absolute atomic E-state index is 12.1. The molecule has 26 heavy (non-hydrogen) atoms. The molecule has 138 valence electrons. The second kappa shape index (κ2) is 9.49. The van der Waals surface area contributed by atoms with E-state index in [9.17, 15) is 14.4 Å². The number of likely N-dealkylation sites (N-methyl/N-ethyl adjacent to an activating group) is 1. The first-order chi connectivity index (χ1) is 12.4. The van der Waals surface area contributed by atoms with Crippen LogP contribution in [0.25, 0.3) is 6.08 Å². The first-order valence-electron chi connectivity index (χ1n) is 8.20. The number of amides is 2. The smallest absolute Gasteiger partial charge is 0.303 e. The van der Waals surface area contributed by atoms with Gasteiger partial charge in [-0.25, -0.2) is 0 Å². The van der Waals surface area contributed by atoms with Crippen molar-refractivity contribution in [2.45, 2.75) is 25.7 Å². The summed E-state index contributed by atoms with van der Waals surface area (Å²) >= 11 is 6.35. The number of hydrogen-bond donors (Lipinski definition) is 2. The summed E-state index contributed by atoms with van der Waals surface area (Å²) in [6.45, 7) is 0.513. The number of rotatable bonds is 8. The third kappa shape index (κ3) is 5.67. The molecule has 0 radical (unpaired) electrons. The van der Waals surface area contributed by atoms with Crippen molar-refractivity contribution in [1.29, 1.82) is 0 Å². The van der Waals surface area contributed by atoms with Crippen LogP contribution in [0.5, 0.6) is 0 Å². The van der Waals surface area contributed by atoms with E-state index in [0.29, 0.717) is 27.8 Å². The zero-order valence-corrected chi connectivity index (χ0v) is 16.0. The highest BCUT2D eigenvalue weighted by Crippen LogP contribution is 2.31. The molecule has 8 heteroatoms. The highest BCUT2D eigenvalue weighted by atomic mass is 32.2. The van der Waals surface area contributed by atoms with Gasteiger partial charge in [-0.05, 0) is 36.6 Å². The molecule has 0 unspecified atom stereocenters. The largest absolute Gasteiger partial charge is 0.481 e. The predicted octanol–water partition coefficient (Wildman–Crippen LogP) is 2.89. The molecule has 2 N–H and O–H groups in total. The highest BCUT2D eigenvalue weighted by molar-refractivity contribution is 8.26. The zero-order chi connectivity index (χ0) is 19.1. The van der Waals surface area contributed by atoms with E-state index in [4.69, 9.17) is 17.3 Å². The number of carbonyl (C=O) groups excluding carboxylic acids is 2. The van der Waals surface area contributed by atoms with Gasteiger partial charge in [0.1, 0.15) is 4.32 Å². The summed E-state index contributed by atoms with van der Waals surface area (Å²) in [5.74, 6) is -1.09. The van der Waals surface area contributed by atoms with E-state index in [0.717, 1.165) is 18.4 Å². The molecular weight excluding hydrogens is 372 g/mol. The molecule has 2 rings (SSSR count). The van der Waals surface area contributed by atoms with Gasteiger partial charge in [0.25, 0.3) is 11.8 Å². The third-order valence-electron chi connectivity index (χ3n) is 3.81. The summed E-state index contributed by atoms with van der Waals surface area (Å²) in [5.41, 5.74) is 1.36. The van der Waals surface area contributed by atoms with Gasteiger partial charge in [-0.15, -0.1) is 0 Å². The first-order valence-corrected chi connectivity index (χ1v) is 9.42. The van der Waals surface area contributed by atoms with Crippen LogP contribution >= 0.6 is 24.0 Å². The molecule has 1 fully saturated rings. The Hall–Kier alpha value is -2.19. The van der Waals surface area contributed by atoms with Crippen molar-refractivity contribution in [2.24, 2.45) is 0 Å². The normalized spacial score (nSPS) is 15.6. The summed E-state index contributed by atoms with van der Waals surface area (Å²) in [4.78, 5) is 36.5. The number of nitrogens with one attached hydrogen (secondary N) is 1. The molecule has 0 atom stereocenters. The second-order valence-electron chi connectivity index (χ2n) is 5.82. The SMILES string of the molecule is CN1C(=O)C(=Cc2ccc(C(=O)NCCCCCC(=O)O)cc2)SC1=S. The van der Waals surface area contributed by atoms with E-state index in [1.165, 1.54) is 16.7 Å². The van der Waals surface area contributed by atoms with Gasteiger partial charge in [0, 0.05) is 25.6 Å². The molecule has 1 aromatic rings. The molecule has 0 aliphatic carbocycles. The topological polar surface area (TPSA) is 86.7 Å². The average Bonchev–Trinajstić information content (AvgIpc) is 2.85. The lowest BCUT2D eigenvalue weighted by Gasteiger charge is -2.05. The lowest BCUT2D eigenvalue weighted by molar-refractivity contribution is -0.137. The maximum Gasteiger partial charge on any atom is 0.303 e. The standard InChI is InChI=1S/C18H20N2O4S2/c1-20-17(24)14(26-18(20)25)11-12-6-8-13(9-7-12)16(23)19-10-4-2-3-5-15(21)22/h6-9,11H,2-5,10H2,1H3,(H,19,23)(H,21,22). The Balaban J connectivity index is 1.83. The highest BCUT2D eigenvalue weighted by Gasteiger charge is 2.28. The summed E-state index contributed by atoms with van der Waals surface area (Å²) in [7, 11) is 1.65. The van der Waals surface area contributed by atoms with Crippen LogP contribution in [-0.2, 0) is 9.59 Å². The van der Waals surface area contributed by atoms with Crippen molar-refractivity contribution in [3.8, 4) is 0 Å². The average molecular weight is 393 g/mol. The minimum atomic E-state index is -0.796. The first kappa shape index (κ1) is 20.1. The Kier molecular flexibility index (Phi) is 7.35. The summed E-state index contributed by atoms with van der Waals surface area (Å²) in [6, 6.07) is 6.98. The lowest BCUT2D eigenvalue weighted by atomic mass is 10.1. The molecule has 1 saturated heterocycles. The quantitative estimate of drug-likeness (QED) is 0.402. The van der Waals surface area contributed by atoms with Crippen LogP contribution in [-0.4, -0.2) is 45.7 Å². The number of carboxylic acids is 1. The number of thioether (sulfide) groups is 1. The number of carboxylic acid groups (broad SMARTS) is 1. The molecule has 1 aliphatic heterocycles. The van der Waals surface area contributed by atoms with E-state index < -0.39 is 5.97 Å². The number of benzene rings is 1. The fourth-order valence-corrected chi connectivity index (χ4v) is 3.49. The monoisotopic (exact) mass is 392 g/mol. The zero-order valence-electron chi connectivity index (χ0n) is 14.4. The molecule has 0 spiro atoms. The predicted molar refractivity (Wildman–Crippen MR) is 106 cm³/mol. The van der Waals surface area contributed by atoms with Gasteiger partial charge < -0.3 is 10.4 Å². The van der Waals surface area contributed by atoms with Crippen LogP contribution in [0, 0.1) is 0 Å². The van der Waals surface area contributed by atoms with Crippen LogP contribution in [0.1, 0.15) is 41.6 Å². The molecule has 2 amide bonds. The number of unbranched alkanes of at least 4 members (excludes halogenated alkanes) is 2. The molecular formula is C18H20N2O4S2. The van der Waals surface area contributed by atoms with Gasteiger partial charge in [-0.3, -0.25) is 19.3 Å². The van der Waals surface area contributed by atoms with Crippen molar-refractivity contribution in [1.82, 2.24) is 10.2 Å². The second-order valence-corrected chi connectivity index (χ2v) is 7.50. The number of carbonyl (C=O) groups is 3. The van der Waals surface area contributed by atoms with Gasteiger partial charge in [0.15, 0.2) is 0 Å². The number of aliphatic carboxylic acids is 1. The van der Waals surface area contributed by atoms with Gasteiger partial charge >= 0.3 is 5.97 Å². The Morgan fingerprint density at radius 2 is 1.92 bits per heavy atom. The van der Waals surface area contributed by atoms with Crippen LogP contribution in [0.2, 0.25) is 0 Å². The Morgan fingerprint density at radius 1 is 1.23 bits per heavy atom. The fraction of sp³-hybridized carbons (Fsp3) is 0.333. The minimum absolute atomic E-state index is 0.121. The van der Waals surface area contributed by atoms with Gasteiger partial charge in [-0.2, -0.15) is 0 Å². The van der Waals surface area contributed by atoms with Crippen LogP contribution in [0.3, 0.4) is 0 Å². The van der Waals surface area contributed by atoms with Gasteiger partial charge in [0.2, 0.25) is 0 Å². The van der Waals surface area contributed by atoms with Crippen molar-refractivity contribution in [3.63, 3.8) is 0 Å². The van der Waals surface area contributed by atoms with E-state index in [2.05, 4.69) is 5.32 Å². The summed E-state index contributed by atoms with van der Waals surface area (Å²) in [5, 5.41) is 11.4. The third-order valence-corrected chi connectivity index (χ3v) is 5.29. The molecule has 0 saturated carbocycles. The van der Waals surface area contributed by atoms with Crippen LogP contribution in [0.4, 0.5) is 0 Å². The van der Waals surface area contributed by atoms with E-state index in [-0.39, 0.29) is 18.2 Å². The van der Waals surface area contributed by atoms with E-state index in [1.54, 1.807) is 37.4 Å². The van der Waals surface area contributed by atoms with Crippen molar-refractivity contribution >= 4 is 52.2 Å². The molecule has 0 bridgehead atoms. The Labute approximate surface area is 161 Å². The molecule has 1 aromatic carbocycles. The molecule has 1 heterocycles. The van der Waals surface area contributed by atoms with Crippen molar-refractivity contribution < 1.29 is 19.5 Å². The minimum Gasteiger partial charge on any atom is -0.481 e. The maximum atomic E-state index is 12.1. The molecule has 1 aliphatic rings. The number of nitrogens with zero attached hydrogens (tertiary/aromatic N) is 1. The number of hydrogen-bond acceptors (Lipinski definition) is 5. The van der Waals surface area contributed by atoms with E-state index >= 15 is 0 Å². The van der Waals surface area contributed by atoms with Gasteiger partial charge in [-0.1, -0.05) is 42.5 Å². The summed E-state index contributed by atoms with van der Waals surface area (Å²) < 4.78 is 0.528. The Morgan fingerprint density at radius 3 is 2.50 bits per heavy atom. The lowest BCUT2D eigenvalue weighted by Crippen LogP contribution is -2.24. The van der Waals surface area contributed by atoms with Crippen molar-refractivity contribution in [3.05, 3.63) is 40.3 Å². The van der Waals surface area contributed by atoms with Gasteiger partial charge in [0.05, 0.1) is 4.91 Å². The fourth-order valence-electron chi connectivity index (χ4n) is 2.31. The van der Waals surface area contributed by atoms with Crippen LogP contribution in [0.15, 0.2) is 29.2 Å². The molecule has 0 aromatic heterocycles. The molecule has 6 nitrogen and oxygen atoms in total. The number of thiocarbonyl (C=S) groups is 1.